The molecular weight excluding hydrogens is 252 g/mol. The average molecular weight is 266 g/mol. The van der Waals surface area contributed by atoms with E-state index in [0.29, 0.717) is 10.8 Å². The van der Waals surface area contributed by atoms with Crippen LogP contribution in [-0.4, -0.2) is 17.3 Å². The zero-order valence-corrected chi connectivity index (χ0v) is 11.0. The third-order valence-electron chi connectivity index (χ3n) is 3.38. The summed E-state index contributed by atoms with van der Waals surface area (Å²) in [6.07, 6.45) is 0. The summed E-state index contributed by atoms with van der Waals surface area (Å²) < 4.78 is 5.07. The Labute approximate surface area is 116 Å². The standard InChI is InChI=1S/C17H14O3/c1-20-15-10-14(18)16-12(11-6-3-2-4-7-11)8-5-9-13(16)17(15)19/h2-10,18-19H,1H3. The van der Waals surface area contributed by atoms with Gasteiger partial charge in [0.05, 0.1) is 7.11 Å². The van der Waals surface area contributed by atoms with Crippen LogP contribution in [0.15, 0.2) is 54.6 Å². The van der Waals surface area contributed by atoms with Crippen molar-refractivity contribution in [3.05, 3.63) is 54.6 Å². The topological polar surface area (TPSA) is 49.7 Å². The largest absolute Gasteiger partial charge is 0.507 e. The minimum absolute atomic E-state index is 0.0399. The van der Waals surface area contributed by atoms with Gasteiger partial charge in [-0.2, -0.15) is 0 Å². The molecule has 0 saturated carbocycles. The number of aromatic hydroxyl groups is 2. The summed E-state index contributed by atoms with van der Waals surface area (Å²) >= 11 is 0. The molecule has 20 heavy (non-hydrogen) atoms. The fraction of sp³-hybridized carbons (Fsp3) is 0.0588. The molecule has 0 amide bonds. The second-order valence-corrected chi connectivity index (χ2v) is 4.54. The molecule has 0 saturated heterocycles. The molecule has 0 atom stereocenters. The van der Waals surface area contributed by atoms with Crippen molar-refractivity contribution in [2.45, 2.75) is 0 Å². The maximum atomic E-state index is 10.3. The molecule has 2 N–H and O–H groups in total. The zero-order valence-electron chi connectivity index (χ0n) is 11.0. The van der Waals surface area contributed by atoms with E-state index >= 15 is 0 Å². The summed E-state index contributed by atoms with van der Waals surface area (Å²) in [6.45, 7) is 0. The molecule has 3 aromatic rings. The molecule has 0 aromatic heterocycles. The van der Waals surface area contributed by atoms with Crippen molar-refractivity contribution >= 4 is 10.8 Å². The van der Waals surface area contributed by atoms with Crippen molar-refractivity contribution in [1.29, 1.82) is 0 Å². The van der Waals surface area contributed by atoms with Crippen molar-refractivity contribution in [3.63, 3.8) is 0 Å². The Morgan fingerprint density at radius 2 is 1.65 bits per heavy atom. The summed E-state index contributed by atoms with van der Waals surface area (Å²) in [5.74, 6) is 0.396. The SMILES string of the molecule is COc1cc(O)c2c(-c3ccccc3)cccc2c1O. The minimum Gasteiger partial charge on any atom is -0.507 e. The lowest BCUT2D eigenvalue weighted by atomic mass is 9.97. The lowest BCUT2D eigenvalue weighted by molar-refractivity contribution is 0.372. The van der Waals surface area contributed by atoms with Crippen LogP contribution in [0.5, 0.6) is 17.2 Å². The van der Waals surface area contributed by atoms with Crippen LogP contribution in [0.3, 0.4) is 0 Å². The number of methoxy groups -OCH3 is 1. The number of ether oxygens (including phenoxy) is 1. The predicted octanol–water partition coefficient (Wildman–Crippen LogP) is 3.93. The van der Waals surface area contributed by atoms with Gasteiger partial charge in [0.15, 0.2) is 11.5 Å². The number of phenolic OH excluding ortho intramolecular Hbond substituents is 2. The van der Waals surface area contributed by atoms with Gasteiger partial charge in [-0.25, -0.2) is 0 Å². The molecule has 0 unspecified atom stereocenters. The molecule has 0 fully saturated rings. The van der Waals surface area contributed by atoms with Crippen molar-refractivity contribution < 1.29 is 14.9 Å². The van der Waals surface area contributed by atoms with Crippen LogP contribution < -0.4 is 4.74 Å². The quantitative estimate of drug-likeness (QED) is 0.691. The maximum Gasteiger partial charge on any atom is 0.165 e. The lowest BCUT2D eigenvalue weighted by Crippen LogP contribution is -1.87. The van der Waals surface area contributed by atoms with Crippen LogP contribution in [0.4, 0.5) is 0 Å². The molecule has 0 aliphatic heterocycles. The van der Waals surface area contributed by atoms with Gasteiger partial charge in [-0.3, -0.25) is 0 Å². The van der Waals surface area contributed by atoms with E-state index in [-0.39, 0.29) is 17.2 Å². The highest BCUT2D eigenvalue weighted by molar-refractivity contribution is 6.04. The van der Waals surface area contributed by atoms with Crippen LogP contribution in [0.25, 0.3) is 21.9 Å². The van der Waals surface area contributed by atoms with E-state index in [4.69, 9.17) is 4.74 Å². The molecule has 3 nitrogen and oxygen atoms in total. The summed E-state index contributed by atoms with van der Waals surface area (Å²) in [6, 6.07) is 16.7. The van der Waals surface area contributed by atoms with Gasteiger partial charge < -0.3 is 14.9 Å². The summed E-state index contributed by atoms with van der Waals surface area (Å²) in [5, 5.41) is 21.7. The highest BCUT2D eigenvalue weighted by atomic mass is 16.5. The van der Waals surface area contributed by atoms with Crippen LogP contribution in [0.2, 0.25) is 0 Å². The first kappa shape index (κ1) is 12.4. The Morgan fingerprint density at radius 1 is 0.900 bits per heavy atom. The average Bonchev–Trinajstić information content (AvgIpc) is 2.51. The smallest absolute Gasteiger partial charge is 0.165 e. The Kier molecular flexibility index (Phi) is 2.95. The fourth-order valence-corrected chi connectivity index (χ4v) is 2.44. The molecule has 0 spiro atoms. The monoisotopic (exact) mass is 266 g/mol. The molecule has 3 aromatic carbocycles. The first-order valence-electron chi connectivity index (χ1n) is 6.29. The van der Waals surface area contributed by atoms with Gasteiger partial charge in [0.1, 0.15) is 5.75 Å². The Bertz CT molecular complexity index is 764. The van der Waals surface area contributed by atoms with E-state index in [1.165, 1.54) is 13.2 Å². The molecule has 0 aliphatic rings. The highest BCUT2D eigenvalue weighted by Gasteiger charge is 2.15. The highest BCUT2D eigenvalue weighted by Crippen LogP contribution is 2.44. The van der Waals surface area contributed by atoms with Crippen LogP contribution in [-0.2, 0) is 0 Å². The Hall–Kier alpha value is -2.68. The number of hydrogen-bond donors (Lipinski definition) is 2. The summed E-state index contributed by atoms with van der Waals surface area (Å²) in [7, 11) is 1.46. The molecule has 0 radical (unpaired) electrons. The van der Waals surface area contributed by atoms with Crippen molar-refractivity contribution in [3.8, 4) is 28.4 Å². The minimum atomic E-state index is 0.0399. The van der Waals surface area contributed by atoms with Gasteiger partial charge in [0.2, 0.25) is 0 Å². The molecule has 100 valence electrons. The number of benzene rings is 3. The third-order valence-corrected chi connectivity index (χ3v) is 3.38. The molecule has 3 heteroatoms. The van der Waals surface area contributed by atoms with E-state index in [2.05, 4.69) is 0 Å². The molecule has 3 rings (SSSR count). The number of hydrogen-bond acceptors (Lipinski definition) is 3. The van der Waals surface area contributed by atoms with Gasteiger partial charge in [-0.05, 0) is 11.1 Å². The fourth-order valence-electron chi connectivity index (χ4n) is 2.44. The molecular formula is C17H14O3. The van der Waals surface area contributed by atoms with E-state index in [1.807, 2.05) is 42.5 Å². The summed E-state index contributed by atoms with van der Waals surface area (Å²) in [5.41, 5.74) is 1.86. The van der Waals surface area contributed by atoms with Gasteiger partial charge in [0.25, 0.3) is 0 Å². The van der Waals surface area contributed by atoms with Gasteiger partial charge >= 0.3 is 0 Å². The van der Waals surface area contributed by atoms with Crippen molar-refractivity contribution in [2.75, 3.05) is 7.11 Å². The van der Waals surface area contributed by atoms with Gasteiger partial charge in [-0.1, -0.05) is 48.5 Å². The number of rotatable bonds is 2. The molecule has 0 aliphatic carbocycles. The Morgan fingerprint density at radius 3 is 2.35 bits per heavy atom. The van der Waals surface area contributed by atoms with E-state index in [0.717, 1.165) is 11.1 Å². The van der Waals surface area contributed by atoms with Crippen LogP contribution in [0, 0.1) is 0 Å². The van der Waals surface area contributed by atoms with Gasteiger partial charge in [0, 0.05) is 16.8 Å². The Balaban J connectivity index is 2.39. The van der Waals surface area contributed by atoms with Crippen LogP contribution >= 0.6 is 0 Å². The second kappa shape index (κ2) is 4.78. The maximum absolute atomic E-state index is 10.3. The van der Waals surface area contributed by atoms with E-state index in [1.54, 1.807) is 6.07 Å². The first-order chi connectivity index (χ1) is 9.72. The van der Waals surface area contributed by atoms with E-state index < -0.39 is 0 Å². The van der Waals surface area contributed by atoms with Crippen LogP contribution in [0.1, 0.15) is 0 Å². The number of phenols is 2. The molecule has 0 bridgehead atoms. The predicted molar refractivity (Wildman–Crippen MR) is 79.3 cm³/mol. The lowest BCUT2D eigenvalue weighted by Gasteiger charge is -2.12. The zero-order chi connectivity index (χ0) is 14.1. The van der Waals surface area contributed by atoms with E-state index in [9.17, 15) is 10.2 Å². The van der Waals surface area contributed by atoms with Crippen molar-refractivity contribution in [2.24, 2.45) is 0 Å². The first-order valence-corrected chi connectivity index (χ1v) is 6.29. The third kappa shape index (κ3) is 1.84. The normalized spacial score (nSPS) is 10.7. The second-order valence-electron chi connectivity index (χ2n) is 4.54. The number of fused-ring (bicyclic) bond motifs is 1. The van der Waals surface area contributed by atoms with Crippen molar-refractivity contribution in [1.82, 2.24) is 0 Å². The molecule has 0 heterocycles. The summed E-state index contributed by atoms with van der Waals surface area (Å²) in [4.78, 5) is 0. The van der Waals surface area contributed by atoms with Gasteiger partial charge in [-0.15, -0.1) is 0 Å².